The fourth-order valence-corrected chi connectivity index (χ4v) is 4.44. The molecule has 1 atom stereocenters. The van der Waals surface area contributed by atoms with Gasteiger partial charge in [0.2, 0.25) is 5.89 Å². The highest BCUT2D eigenvalue weighted by molar-refractivity contribution is 5.86. The van der Waals surface area contributed by atoms with E-state index in [2.05, 4.69) is 30.6 Å². The van der Waals surface area contributed by atoms with Gasteiger partial charge in [-0.15, -0.1) is 10.2 Å². The van der Waals surface area contributed by atoms with Crippen LogP contribution in [0.2, 0.25) is 0 Å². The van der Waals surface area contributed by atoms with E-state index in [0.717, 1.165) is 10.6 Å². The van der Waals surface area contributed by atoms with Crippen molar-refractivity contribution in [2.45, 2.75) is 44.2 Å². The quantitative estimate of drug-likeness (QED) is 0.191. The number of H-pyrrole nitrogens is 1. The molecule has 0 bridgehead atoms. The van der Waals surface area contributed by atoms with Gasteiger partial charge < -0.3 is 14.3 Å². The summed E-state index contributed by atoms with van der Waals surface area (Å²) in [6.07, 6.45) is -10.3. The standard InChI is InChI=1S/C26H17F9N8O3/c27-15-7-13-11(6-14(15)20-36-8-12(9-37-20)25(30,31)32)3-5-43(24(13)45)4-1-2-16(22-41-42-23(46-22)19(28)29)39-17-10-38-40-21(44)18(17)26(33,34)35/h3,5-10,16,19H,1-2,4H2,(H2,39,40,44). The summed E-state index contributed by atoms with van der Waals surface area (Å²) in [5.41, 5.74) is -6.11. The van der Waals surface area contributed by atoms with Crippen molar-refractivity contribution < 1.29 is 43.9 Å². The second-order valence-corrected chi connectivity index (χ2v) is 9.63. The van der Waals surface area contributed by atoms with Gasteiger partial charge in [0.15, 0.2) is 5.82 Å². The molecule has 0 spiro atoms. The molecule has 2 N–H and O–H groups in total. The summed E-state index contributed by atoms with van der Waals surface area (Å²) in [6.45, 7) is -0.117. The second-order valence-electron chi connectivity index (χ2n) is 9.63. The minimum absolute atomic E-state index is 0.0204. The van der Waals surface area contributed by atoms with E-state index in [1.807, 2.05) is 0 Å². The minimum atomic E-state index is -5.13. The molecule has 0 saturated carbocycles. The number of fused-ring (bicyclic) bond motifs is 1. The molecule has 0 saturated heterocycles. The van der Waals surface area contributed by atoms with Crippen molar-refractivity contribution in [3.63, 3.8) is 0 Å². The Labute approximate surface area is 249 Å². The fraction of sp³-hybridized carbons (Fsp3) is 0.269. The van der Waals surface area contributed by atoms with Gasteiger partial charge in [0, 0.05) is 25.1 Å². The van der Waals surface area contributed by atoms with Crippen molar-refractivity contribution in [2.24, 2.45) is 0 Å². The van der Waals surface area contributed by atoms with E-state index in [0.29, 0.717) is 18.6 Å². The van der Waals surface area contributed by atoms with Gasteiger partial charge >= 0.3 is 18.8 Å². The van der Waals surface area contributed by atoms with Gasteiger partial charge in [-0.1, -0.05) is 0 Å². The Kier molecular flexibility index (Phi) is 8.54. The predicted molar refractivity (Wildman–Crippen MR) is 139 cm³/mol. The van der Waals surface area contributed by atoms with Gasteiger partial charge in [0.1, 0.15) is 17.4 Å². The molecule has 5 rings (SSSR count). The van der Waals surface area contributed by atoms with Crippen LogP contribution in [0.4, 0.5) is 45.2 Å². The Morgan fingerprint density at radius 1 is 0.957 bits per heavy atom. The molecule has 4 heterocycles. The first-order valence-electron chi connectivity index (χ1n) is 12.9. The maximum Gasteiger partial charge on any atom is 0.423 e. The van der Waals surface area contributed by atoms with Crippen LogP contribution in [-0.2, 0) is 18.9 Å². The molecule has 1 unspecified atom stereocenters. The van der Waals surface area contributed by atoms with Crippen LogP contribution in [0.25, 0.3) is 22.2 Å². The summed E-state index contributed by atoms with van der Waals surface area (Å²) < 4.78 is 126. The number of benzene rings is 1. The van der Waals surface area contributed by atoms with Crippen molar-refractivity contribution in [1.29, 1.82) is 0 Å². The lowest BCUT2D eigenvalue weighted by molar-refractivity contribution is -0.139. The number of aromatic nitrogens is 7. The first-order valence-corrected chi connectivity index (χ1v) is 12.9. The number of rotatable bonds is 9. The molecule has 1 aromatic carbocycles. The molecule has 5 aromatic rings. The third kappa shape index (κ3) is 6.69. The van der Waals surface area contributed by atoms with E-state index in [9.17, 15) is 49.1 Å². The smallest absolute Gasteiger partial charge is 0.417 e. The zero-order valence-electron chi connectivity index (χ0n) is 22.6. The highest BCUT2D eigenvalue weighted by Gasteiger charge is 2.38. The van der Waals surface area contributed by atoms with Crippen molar-refractivity contribution >= 4 is 16.5 Å². The van der Waals surface area contributed by atoms with Gasteiger partial charge in [-0.05, 0) is 36.4 Å². The highest BCUT2D eigenvalue weighted by atomic mass is 19.4. The van der Waals surface area contributed by atoms with Crippen LogP contribution in [0.3, 0.4) is 0 Å². The summed E-state index contributed by atoms with van der Waals surface area (Å²) in [7, 11) is 0. The number of nitrogens with one attached hydrogen (secondary N) is 2. The topological polar surface area (TPSA) is 144 Å². The second kappa shape index (κ2) is 12.2. The van der Waals surface area contributed by atoms with E-state index in [4.69, 9.17) is 4.42 Å². The van der Waals surface area contributed by atoms with Crippen LogP contribution in [-0.4, -0.2) is 34.9 Å². The number of pyridine rings is 1. The molecule has 46 heavy (non-hydrogen) atoms. The van der Waals surface area contributed by atoms with Crippen molar-refractivity contribution in [3.8, 4) is 11.4 Å². The van der Waals surface area contributed by atoms with Crippen molar-refractivity contribution in [1.82, 2.24) is 34.9 Å². The number of hydrogen-bond acceptors (Lipinski definition) is 9. The molecule has 20 heteroatoms. The van der Waals surface area contributed by atoms with Crippen LogP contribution < -0.4 is 16.4 Å². The maximum atomic E-state index is 15.0. The Hall–Kier alpha value is -5.30. The zero-order valence-corrected chi connectivity index (χ0v) is 22.6. The maximum absolute atomic E-state index is 15.0. The summed E-state index contributed by atoms with van der Waals surface area (Å²) in [6, 6.07) is 2.09. The van der Waals surface area contributed by atoms with Crippen LogP contribution in [0, 0.1) is 5.82 Å². The number of alkyl halides is 8. The summed E-state index contributed by atoms with van der Waals surface area (Å²) in [5.74, 6) is -2.98. The highest BCUT2D eigenvalue weighted by Crippen LogP contribution is 2.34. The lowest BCUT2D eigenvalue weighted by Crippen LogP contribution is -2.26. The van der Waals surface area contributed by atoms with E-state index in [-0.39, 0.29) is 41.5 Å². The third-order valence-electron chi connectivity index (χ3n) is 6.59. The molecular weight excluding hydrogens is 643 g/mol. The first kappa shape index (κ1) is 32.1. The SMILES string of the molecule is O=c1[nH]ncc(NC(CCCn2ccc3cc(-c4ncc(C(F)(F)F)cn4)c(F)cc3c2=O)c2nnc(C(F)F)o2)c1C(F)(F)F. The van der Waals surface area contributed by atoms with E-state index in [1.54, 1.807) is 5.10 Å². The van der Waals surface area contributed by atoms with Gasteiger partial charge in [0.25, 0.3) is 17.0 Å². The number of aromatic amines is 1. The van der Waals surface area contributed by atoms with Crippen LogP contribution in [0.1, 0.15) is 48.2 Å². The molecule has 0 fully saturated rings. The molecule has 0 aliphatic heterocycles. The van der Waals surface area contributed by atoms with E-state index < -0.39 is 70.4 Å². The predicted octanol–water partition coefficient (Wildman–Crippen LogP) is 5.67. The van der Waals surface area contributed by atoms with Gasteiger partial charge in [-0.2, -0.15) is 40.2 Å². The summed E-state index contributed by atoms with van der Waals surface area (Å²) in [5, 5.41) is 14.1. The summed E-state index contributed by atoms with van der Waals surface area (Å²) in [4.78, 5) is 32.1. The van der Waals surface area contributed by atoms with Crippen LogP contribution in [0.5, 0.6) is 0 Å². The Morgan fingerprint density at radius 2 is 1.65 bits per heavy atom. The monoisotopic (exact) mass is 660 g/mol. The van der Waals surface area contributed by atoms with E-state index >= 15 is 0 Å². The van der Waals surface area contributed by atoms with Crippen molar-refractivity contribution in [3.05, 3.63) is 92.4 Å². The molecule has 0 amide bonds. The Balaban J connectivity index is 1.39. The number of aryl methyl sites for hydroxylation is 1. The molecule has 0 aliphatic carbocycles. The van der Waals surface area contributed by atoms with Gasteiger partial charge in [-0.25, -0.2) is 19.5 Å². The van der Waals surface area contributed by atoms with Crippen LogP contribution in [0.15, 0.2) is 57.0 Å². The normalized spacial score (nSPS) is 13.0. The fourth-order valence-electron chi connectivity index (χ4n) is 4.44. The molecule has 11 nitrogen and oxygen atoms in total. The van der Waals surface area contributed by atoms with Gasteiger partial charge in [0.05, 0.1) is 28.4 Å². The van der Waals surface area contributed by atoms with Crippen LogP contribution >= 0.6 is 0 Å². The van der Waals surface area contributed by atoms with Crippen molar-refractivity contribution in [2.75, 3.05) is 5.32 Å². The number of hydrogen-bond donors (Lipinski definition) is 2. The lowest BCUT2D eigenvalue weighted by atomic mass is 10.1. The number of nitrogens with zero attached hydrogens (tertiary/aromatic N) is 6. The minimum Gasteiger partial charge on any atom is -0.417 e. The van der Waals surface area contributed by atoms with E-state index in [1.165, 1.54) is 18.3 Å². The average Bonchev–Trinajstić information content (AvgIpc) is 3.48. The average molecular weight is 660 g/mol. The molecule has 242 valence electrons. The number of halogens is 9. The molecule has 4 aromatic heterocycles. The van der Waals surface area contributed by atoms with Gasteiger partial charge in [-0.3, -0.25) is 9.59 Å². The Bertz CT molecular complexity index is 1990. The molecule has 0 aliphatic rings. The lowest BCUT2D eigenvalue weighted by Gasteiger charge is -2.19. The third-order valence-corrected chi connectivity index (χ3v) is 6.59. The molecular formula is C26H17F9N8O3. The Morgan fingerprint density at radius 3 is 2.28 bits per heavy atom. The largest absolute Gasteiger partial charge is 0.423 e. The molecule has 0 radical (unpaired) electrons. The zero-order chi connectivity index (χ0) is 33.4. The number of anilines is 1. The summed E-state index contributed by atoms with van der Waals surface area (Å²) >= 11 is 0. The first-order chi connectivity index (χ1) is 21.6.